The third-order valence-electron chi connectivity index (χ3n) is 2.68. The number of non-ortho nitro benzene ring substituents is 1. The van der Waals surface area contributed by atoms with E-state index in [-0.39, 0.29) is 23.0 Å². The molecule has 0 saturated carbocycles. The van der Waals surface area contributed by atoms with Gasteiger partial charge >= 0.3 is 0 Å². The van der Waals surface area contributed by atoms with E-state index >= 15 is 0 Å². The van der Waals surface area contributed by atoms with E-state index in [0.717, 1.165) is 0 Å². The second-order valence-electron chi connectivity index (χ2n) is 4.05. The van der Waals surface area contributed by atoms with E-state index < -0.39 is 10.7 Å². The van der Waals surface area contributed by atoms with Crippen molar-refractivity contribution in [3.8, 4) is 5.75 Å². The molecule has 0 aliphatic heterocycles. The van der Waals surface area contributed by atoms with E-state index in [9.17, 15) is 19.6 Å². The van der Waals surface area contributed by atoms with Crippen LogP contribution in [0.15, 0.2) is 36.4 Å². The smallest absolute Gasteiger partial charge is 0.270 e. The lowest BCUT2D eigenvalue weighted by molar-refractivity contribution is -0.384. The lowest BCUT2D eigenvalue weighted by Crippen LogP contribution is -2.01. The number of aromatic hydroxyl groups is 1. The van der Waals surface area contributed by atoms with Crippen LogP contribution in [0.3, 0.4) is 0 Å². The topological polar surface area (TPSA) is 75.4 Å². The number of rotatable bonds is 4. The molecule has 0 radical (unpaired) electrons. The summed E-state index contributed by atoms with van der Waals surface area (Å²) in [5.41, 5.74) is 0.790. The quantitative estimate of drug-likeness (QED) is 0.666. The summed E-state index contributed by atoms with van der Waals surface area (Å²) in [6.07, 6.45) is 0. The van der Waals surface area contributed by atoms with Gasteiger partial charge in [-0.2, -0.15) is 0 Å². The normalized spacial score (nSPS) is 10.3. The number of anilines is 1. The van der Waals surface area contributed by atoms with E-state index in [4.69, 9.17) is 11.6 Å². The number of nitrogens with zero attached hydrogens (tertiary/aromatic N) is 1. The van der Waals surface area contributed by atoms with Gasteiger partial charge < -0.3 is 10.4 Å². The second-order valence-corrected chi connectivity index (χ2v) is 4.46. The average molecular weight is 297 g/mol. The van der Waals surface area contributed by atoms with E-state index in [2.05, 4.69) is 5.32 Å². The Kier molecular flexibility index (Phi) is 4.05. The number of hydrogen-bond donors (Lipinski definition) is 2. The first-order chi connectivity index (χ1) is 9.47. The molecule has 104 valence electrons. The van der Waals surface area contributed by atoms with Gasteiger partial charge in [0.2, 0.25) is 0 Å². The van der Waals surface area contributed by atoms with Crippen molar-refractivity contribution >= 4 is 23.0 Å². The van der Waals surface area contributed by atoms with Crippen molar-refractivity contribution in [3.63, 3.8) is 0 Å². The molecule has 0 fully saturated rings. The molecule has 0 unspecified atom stereocenters. The molecular weight excluding hydrogens is 287 g/mol. The summed E-state index contributed by atoms with van der Waals surface area (Å²) in [4.78, 5) is 10.1. The Morgan fingerprint density at radius 3 is 2.70 bits per heavy atom. The van der Waals surface area contributed by atoms with E-state index in [1.54, 1.807) is 0 Å². The van der Waals surface area contributed by atoms with Gasteiger partial charge in [-0.3, -0.25) is 10.1 Å². The van der Waals surface area contributed by atoms with Crippen LogP contribution in [0.5, 0.6) is 5.75 Å². The molecule has 0 aliphatic rings. The van der Waals surface area contributed by atoms with Gasteiger partial charge in [-0.25, -0.2) is 4.39 Å². The molecule has 2 N–H and O–H groups in total. The predicted octanol–water partition coefficient (Wildman–Crippen LogP) is 3.71. The van der Waals surface area contributed by atoms with Crippen molar-refractivity contribution in [1.82, 2.24) is 0 Å². The Hall–Kier alpha value is -2.34. The number of halogens is 2. The molecule has 2 aromatic carbocycles. The summed E-state index contributed by atoms with van der Waals surface area (Å²) < 4.78 is 13.0. The largest absolute Gasteiger partial charge is 0.508 e. The third kappa shape index (κ3) is 3.16. The highest BCUT2D eigenvalue weighted by Crippen LogP contribution is 2.25. The fourth-order valence-corrected chi connectivity index (χ4v) is 1.81. The first-order valence-electron chi connectivity index (χ1n) is 5.62. The molecule has 0 atom stereocenters. The molecule has 0 aliphatic carbocycles. The van der Waals surface area contributed by atoms with Crippen LogP contribution in [0, 0.1) is 15.9 Å². The molecule has 2 rings (SSSR count). The molecule has 0 amide bonds. The van der Waals surface area contributed by atoms with E-state index in [1.807, 2.05) is 0 Å². The lowest BCUT2D eigenvalue weighted by Gasteiger charge is -2.08. The number of phenols is 1. The van der Waals surface area contributed by atoms with Crippen LogP contribution in [0.25, 0.3) is 0 Å². The van der Waals surface area contributed by atoms with Gasteiger partial charge in [-0.15, -0.1) is 0 Å². The van der Waals surface area contributed by atoms with Crippen molar-refractivity contribution in [3.05, 3.63) is 62.9 Å². The number of phenolic OH excluding ortho intramolecular Hbond substituents is 1. The molecule has 0 heterocycles. The van der Waals surface area contributed by atoms with Crippen molar-refractivity contribution < 1.29 is 14.4 Å². The Morgan fingerprint density at radius 2 is 2.05 bits per heavy atom. The Bertz CT molecular complexity index is 664. The zero-order valence-corrected chi connectivity index (χ0v) is 10.9. The van der Waals surface area contributed by atoms with Crippen LogP contribution in [0.2, 0.25) is 5.02 Å². The Morgan fingerprint density at radius 1 is 1.30 bits per heavy atom. The minimum Gasteiger partial charge on any atom is -0.508 e. The molecule has 0 aromatic heterocycles. The lowest BCUT2D eigenvalue weighted by atomic mass is 10.1. The van der Waals surface area contributed by atoms with Gasteiger partial charge in [0.15, 0.2) is 0 Å². The molecule has 20 heavy (non-hydrogen) atoms. The SMILES string of the molecule is O=[N+]([O-])c1ccc(O)c(CNc2ccc(F)c(Cl)c2)c1. The summed E-state index contributed by atoms with van der Waals surface area (Å²) in [7, 11) is 0. The zero-order chi connectivity index (χ0) is 14.7. The van der Waals surface area contributed by atoms with E-state index in [1.165, 1.54) is 36.4 Å². The van der Waals surface area contributed by atoms with Crippen LogP contribution in [0.4, 0.5) is 15.8 Å². The number of hydrogen-bond acceptors (Lipinski definition) is 4. The Labute approximate surface area is 118 Å². The zero-order valence-electron chi connectivity index (χ0n) is 10.1. The molecule has 0 bridgehead atoms. The van der Waals surface area contributed by atoms with Gasteiger partial charge in [0.25, 0.3) is 5.69 Å². The van der Waals surface area contributed by atoms with Gasteiger partial charge in [0, 0.05) is 29.9 Å². The van der Waals surface area contributed by atoms with Gasteiger partial charge in [-0.05, 0) is 24.3 Å². The van der Waals surface area contributed by atoms with Crippen molar-refractivity contribution in [2.24, 2.45) is 0 Å². The monoisotopic (exact) mass is 296 g/mol. The first-order valence-corrected chi connectivity index (χ1v) is 6.00. The van der Waals surface area contributed by atoms with Crippen molar-refractivity contribution in [2.75, 3.05) is 5.32 Å². The summed E-state index contributed by atoms with van der Waals surface area (Å²) >= 11 is 5.64. The molecule has 2 aromatic rings. The van der Waals surface area contributed by atoms with Crippen molar-refractivity contribution in [2.45, 2.75) is 6.54 Å². The molecule has 5 nitrogen and oxygen atoms in total. The van der Waals surface area contributed by atoms with Crippen molar-refractivity contribution in [1.29, 1.82) is 0 Å². The molecule has 7 heteroatoms. The third-order valence-corrected chi connectivity index (χ3v) is 2.97. The maximum absolute atomic E-state index is 13.0. The minimum absolute atomic E-state index is 0.0294. The summed E-state index contributed by atoms with van der Waals surface area (Å²) in [5, 5.41) is 23.2. The predicted molar refractivity (Wildman–Crippen MR) is 73.5 cm³/mol. The highest BCUT2D eigenvalue weighted by atomic mass is 35.5. The average Bonchev–Trinajstić information content (AvgIpc) is 2.41. The number of nitro benzene ring substituents is 1. The first kappa shape index (κ1) is 14.1. The van der Waals surface area contributed by atoms with E-state index in [0.29, 0.717) is 11.3 Å². The van der Waals surface area contributed by atoms with Crippen LogP contribution in [-0.2, 0) is 6.54 Å². The molecule has 0 saturated heterocycles. The molecular formula is C13H10ClFN2O3. The van der Waals surface area contributed by atoms with Gasteiger partial charge in [0.1, 0.15) is 11.6 Å². The second kappa shape index (κ2) is 5.75. The van der Waals surface area contributed by atoms with Crippen LogP contribution >= 0.6 is 11.6 Å². The van der Waals surface area contributed by atoms with Gasteiger partial charge in [0.05, 0.1) is 9.95 Å². The maximum Gasteiger partial charge on any atom is 0.270 e. The van der Waals surface area contributed by atoms with Crippen LogP contribution in [0.1, 0.15) is 5.56 Å². The summed E-state index contributed by atoms with van der Waals surface area (Å²) in [6, 6.07) is 7.83. The number of nitrogens with one attached hydrogen (secondary N) is 1. The Balaban J connectivity index is 2.15. The van der Waals surface area contributed by atoms with Crippen LogP contribution < -0.4 is 5.32 Å². The number of nitro groups is 1. The highest BCUT2D eigenvalue weighted by Gasteiger charge is 2.10. The summed E-state index contributed by atoms with van der Waals surface area (Å²) in [5.74, 6) is -0.591. The minimum atomic E-state index is -0.544. The maximum atomic E-state index is 13.0. The highest BCUT2D eigenvalue weighted by molar-refractivity contribution is 6.31. The fraction of sp³-hybridized carbons (Fsp3) is 0.0769. The fourth-order valence-electron chi connectivity index (χ4n) is 1.63. The van der Waals surface area contributed by atoms with Gasteiger partial charge in [-0.1, -0.05) is 11.6 Å². The summed E-state index contributed by atoms with van der Waals surface area (Å²) in [6.45, 7) is 0.148. The van der Waals surface area contributed by atoms with Crippen LogP contribution in [-0.4, -0.2) is 10.0 Å². The molecule has 0 spiro atoms. The number of benzene rings is 2. The standard InChI is InChI=1S/C13H10ClFN2O3/c14-11-6-9(1-3-12(11)15)16-7-8-5-10(17(19)20)2-4-13(8)18/h1-6,16,18H,7H2.